The average molecular weight is 240 g/mol. The Bertz CT molecular complexity index is 437. The van der Waals surface area contributed by atoms with Gasteiger partial charge in [0.1, 0.15) is 0 Å². The molecule has 1 aliphatic heterocycles. The van der Waals surface area contributed by atoms with Crippen LogP contribution in [0.25, 0.3) is 0 Å². The van der Waals surface area contributed by atoms with Crippen molar-refractivity contribution in [1.29, 1.82) is 0 Å². The predicted octanol–water partition coefficient (Wildman–Crippen LogP) is 1.76. The summed E-state index contributed by atoms with van der Waals surface area (Å²) >= 11 is 0. The zero-order valence-corrected chi connectivity index (χ0v) is 11.5. The first kappa shape index (κ1) is 13.0. The lowest BCUT2D eigenvalue weighted by Gasteiger charge is -2.29. The Kier molecular flexibility index (Phi) is 4.26. The van der Waals surface area contributed by atoms with Crippen LogP contribution in [0.15, 0.2) is 54.2 Å². The molecule has 0 aromatic heterocycles. The summed E-state index contributed by atoms with van der Waals surface area (Å²) in [6, 6.07) is 10.7. The van der Waals surface area contributed by atoms with Crippen LogP contribution in [-0.2, 0) is 0 Å². The van der Waals surface area contributed by atoms with Crippen LogP contribution in [0.2, 0.25) is 0 Å². The summed E-state index contributed by atoms with van der Waals surface area (Å²) in [6.07, 6.45) is 4.54. The summed E-state index contributed by atoms with van der Waals surface area (Å²) < 4.78 is 0. The van der Waals surface area contributed by atoms with Gasteiger partial charge in [0, 0.05) is 13.1 Å². The largest absolute Gasteiger partial charge is 0.413 e. The lowest BCUT2D eigenvalue weighted by atomic mass is 9.53. The van der Waals surface area contributed by atoms with Gasteiger partial charge >= 0.3 is 6.85 Å². The second-order valence-corrected chi connectivity index (χ2v) is 4.99. The van der Waals surface area contributed by atoms with Crippen LogP contribution in [0, 0.1) is 0 Å². The minimum absolute atomic E-state index is 0.377. The summed E-state index contributed by atoms with van der Waals surface area (Å²) in [5.74, 6) is 2.30. The van der Waals surface area contributed by atoms with Crippen LogP contribution in [0.4, 0.5) is 0 Å². The third-order valence-corrected chi connectivity index (χ3v) is 3.19. The van der Waals surface area contributed by atoms with Crippen molar-refractivity contribution >= 4 is 12.3 Å². The number of likely N-dealkylation sites (N-methyl/N-ethyl adjacent to an activating group) is 1. The van der Waals surface area contributed by atoms with Gasteiger partial charge in [-0.2, -0.15) is 0 Å². The Morgan fingerprint density at radius 1 is 1.17 bits per heavy atom. The monoisotopic (exact) mass is 240 g/mol. The van der Waals surface area contributed by atoms with Crippen LogP contribution >= 0.6 is 0 Å². The van der Waals surface area contributed by atoms with E-state index >= 15 is 0 Å². The molecule has 1 aliphatic rings. The molecule has 0 bridgehead atoms. The first-order valence-electron chi connectivity index (χ1n) is 6.55. The zero-order valence-electron chi connectivity index (χ0n) is 11.5. The number of rotatable bonds is 4. The second-order valence-electron chi connectivity index (χ2n) is 4.99. The molecule has 0 amide bonds. The topological polar surface area (TPSA) is 6.48 Å². The van der Waals surface area contributed by atoms with Gasteiger partial charge < -0.3 is 9.71 Å². The molecule has 0 saturated carbocycles. The Labute approximate surface area is 111 Å². The summed E-state index contributed by atoms with van der Waals surface area (Å²) in [5.41, 5.74) is 2.73. The van der Waals surface area contributed by atoms with E-state index in [1.807, 2.05) is 0 Å². The zero-order chi connectivity index (χ0) is 13.0. The maximum atomic E-state index is 2.40. The third kappa shape index (κ3) is 3.05. The molecule has 1 heterocycles. The Hall–Kier alpha value is -1.48. The Morgan fingerprint density at radius 3 is 2.50 bits per heavy atom. The van der Waals surface area contributed by atoms with Gasteiger partial charge in [0.25, 0.3) is 0 Å². The van der Waals surface area contributed by atoms with E-state index in [-0.39, 0.29) is 0 Å². The smallest absolute Gasteiger partial charge is 0.315 e. The molecule has 0 spiro atoms. The third-order valence-electron chi connectivity index (χ3n) is 3.19. The molecule has 0 saturated heterocycles. The molecule has 1 aromatic carbocycles. The van der Waals surface area contributed by atoms with Crippen molar-refractivity contribution in [2.75, 3.05) is 27.2 Å². The molecule has 3 heteroatoms. The number of nitrogens with zero attached hydrogens (tertiary/aromatic N) is 2. The van der Waals surface area contributed by atoms with E-state index < -0.39 is 0 Å². The maximum Gasteiger partial charge on any atom is 0.315 e. The molecule has 0 unspecified atom stereocenters. The maximum absolute atomic E-state index is 2.40. The summed E-state index contributed by atoms with van der Waals surface area (Å²) in [4.78, 5) is 4.60. The van der Waals surface area contributed by atoms with Gasteiger partial charge in [0.05, 0.1) is 0 Å². The van der Waals surface area contributed by atoms with E-state index in [0.29, 0.717) is 6.85 Å². The van der Waals surface area contributed by atoms with Gasteiger partial charge in [0.2, 0.25) is 0 Å². The molecular formula is C15H21BN2. The normalized spacial score (nSPS) is 15.2. The van der Waals surface area contributed by atoms with Crippen molar-refractivity contribution < 1.29 is 0 Å². The quantitative estimate of drug-likeness (QED) is 0.740. The molecule has 2 nitrogen and oxygen atoms in total. The Morgan fingerprint density at radius 2 is 1.89 bits per heavy atom. The van der Waals surface area contributed by atoms with Crippen LogP contribution < -0.4 is 5.46 Å². The SMILES string of the molecule is CCN1C=C(CN(C)C)C=CB1c1ccccc1. The van der Waals surface area contributed by atoms with Crippen LogP contribution in [0.1, 0.15) is 6.92 Å². The number of hydrogen-bond acceptors (Lipinski definition) is 2. The molecule has 1 aromatic rings. The molecule has 0 aliphatic carbocycles. The molecule has 18 heavy (non-hydrogen) atoms. The minimum Gasteiger partial charge on any atom is -0.413 e. The van der Waals surface area contributed by atoms with E-state index in [9.17, 15) is 0 Å². The van der Waals surface area contributed by atoms with Crippen molar-refractivity contribution in [3.05, 3.63) is 54.2 Å². The van der Waals surface area contributed by atoms with E-state index in [0.717, 1.165) is 13.1 Å². The number of hydrogen-bond donors (Lipinski definition) is 0. The molecule has 0 N–H and O–H groups in total. The lowest BCUT2D eigenvalue weighted by molar-refractivity contribution is 0.444. The van der Waals surface area contributed by atoms with E-state index in [4.69, 9.17) is 0 Å². The molecule has 94 valence electrons. The summed E-state index contributed by atoms with van der Waals surface area (Å²) in [5, 5.41) is 0. The lowest BCUT2D eigenvalue weighted by Crippen LogP contribution is -2.45. The highest BCUT2D eigenvalue weighted by atomic mass is 15.1. The molecular weight excluding hydrogens is 219 g/mol. The fraction of sp³-hybridized carbons (Fsp3) is 0.333. The average Bonchev–Trinajstić information content (AvgIpc) is 2.39. The molecule has 0 radical (unpaired) electrons. The predicted molar refractivity (Wildman–Crippen MR) is 80.0 cm³/mol. The Balaban J connectivity index is 2.17. The molecule has 0 fully saturated rings. The fourth-order valence-corrected chi connectivity index (χ4v) is 2.36. The van der Waals surface area contributed by atoms with Crippen molar-refractivity contribution in [2.24, 2.45) is 0 Å². The van der Waals surface area contributed by atoms with Crippen molar-refractivity contribution in [2.45, 2.75) is 6.92 Å². The molecule has 0 atom stereocenters. The number of benzene rings is 1. The minimum atomic E-state index is 0.377. The second kappa shape index (κ2) is 5.92. The van der Waals surface area contributed by atoms with Crippen molar-refractivity contribution in [1.82, 2.24) is 9.71 Å². The highest BCUT2D eigenvalue weighted by Crippen LogP contribution is 2.12. The highest BCUT2D eigenvalue weighted by molar-refractivity contribution is 6.75. The van der Waals surface area contributed by atoms with Gasteiger partial charge in [-0.05, 0) is 32.8 Å². The van der Waals surface area contributed by atoms with Gasteiger partial charge in [-0.15, -0.1) is 0 Å². The van der Waals surface area contributed by atoms with Gasteiger partial charge in [0.15, 0.2) is 0 Å². The van der Waals surface area contributed by atoms with Gasteiger partial charge in [-0.25, -0.2) is 0 Å². The van der Waals surface area contributed by atoms with Crippen LogP contribution in [-0.4, -0.2) is 43.7 Å². The highest BCUT2D eigenvalue weighted by Gasteiger charge is 2.22. The van der Waals surface area contributed by atoms with E-state index in [1.165, 1.54) is 11.0 Å². The van der Waals surface area contributed by atoms with Crippen LogP contribution in [0.3, 0.4) is 0 Å². The van der Waals surface area contributed by atoms with Gasteiger partial charge in [-0.1, -0.05) is 47.8 Å². The summed E-state index contributed by atoms with van der Waals surface area (Å²) in [7, 11) is 4.21. The van der Waals surface area contributed by atoms with Gasteiger partial charge in [-0.3, -0.25) is 0 Å². The molecule has 2 rings (SSSR count). The first-order valence-corrected chi connectivity index (χ1v) is 6.55. The van der Waals surface area contributed by atoms with Crippen molar-refractivity contribution in [3.8, 4) is 0 Å². The standard InChI is InChI=1S/C15H21BN2/c1-4-18-13-14(12-17(2)3)10-11-16(18)15-8-6-5-7-9-15/h5-11,13H,4,12H2,1-3H3. The first-order chi connectivity index (χ1) is 8.70. The summed E-state index contributed by atoms with van der Waals surface area (Å²) in [6.45, 7) is 4.61. The van der Waals surface area contributed by atoms with E-state index in [1.54, 1.807) is 0 Å². The van der Waals surface area contributed by atoms with E-state index in [2.05, 4.69) is 79.3 Å². The fourth-order valence-electron chi connectivity index (χ4n) is 2.36. The van der Waals surface area contributed by atoms with Crippen LogP contribution in [0.5, 0.6) is 0 Å². The van der Waals surface area contributed by atoms with Crippen molar-refractivity contribution in [3.63, 3.8) is 0 Å².